The highest BCUT2D eigenvalue weighted by atomic mass is 79.9. The van der Waals surface area contributed by atoms with Gasteiger partial charge in [0.05, 0.1) is 17.8 Å². The fourth-order valence-corrected chi connectivity index (χ4v) is 3.10. The molecule has 6 heteroatoms. The highest BCUT2D eigenvalue weighted by Gasteiger charge is 2.36. The molecule has 0 aromatic rings. The molecule has 0 spiro atoms. The van der Waals surface area contributed by atoms with E-state index in [-0.39, 0.29) is 6.61 Å². The lowest BCUT2D eigenvalue weighted by Gasteiger charge is -2.30. The Morgan fingerprint density at radius 1 is 1.00 bits per heavy atom. The molecule has 0 aliphatic rings. The second-order valence-electron chi connectivity index (χ2n) is 5.38. The monoisotopic (exact) mass is 316 g/mol. The van der Waals surface area contributed by atoms with Gasteiger partial charge in [-0.05, 0) is 41.5 Å². The van der Waals surface area contributed by atoms with Crippen molar-refractivity contribution < 1.29 is 18.1 Å². The lowest BCUT2D eigenvalue weighted by atomic mass is 10.2. The van der Waals surface area contributed by atoms with Crippen LogP contribution in [0.5, 0.6) is 0 Å². The zero-order valence-electron chi connectivity index (χ0n) is 10.9. The number of phosphoric acid groups is 1. The molecule has 0 saturated carbocycles. The molecule has 0 unspecified atom stereocenters. The van der Waals surface area contributed by atoms with Crippen LogP contribution in [0.3, 0.4) is 0 Å². The minimum absolute atomic E-state index is 0.281. The fourth-order valence-electron chi connectivity index (χ4n) is 0.888. The van der Waals surface area contributed by atoms with Crippen molar-refractivity contribution in [1.29, 1.82) is 0 Å². The van der Waals surface area contributed by atoms with Gasteiger partial charge in [0.25, 0.3) is 0 Å². The molecule has 16 heavy (non-hydrogen) atoms. The summed E-state index contributed by atoms with van der Waals surface area (Å²) in [4.78, 5) is 0. The Balaban J connectivity index is 4.69. The average molecular weight is 317 g/mol. The summed E-state index contributed by atoms with van der Waals surface area (Å²) in [5.74, 6) is 0. The van der Waals surface area contributed by atoms with Gasteiger partial charge in [-0.3, -0.25) is 13.6 Å². The molecule has 0 fully saturated rings. The Morgan fingerprint density at radius 2 is 1.38 bits per heavy atom. The Bertz CT molecular complexity index is 235. The maximum absolute atomic E-state index is 12.3. The maximum atomic E-state index is 12.3. The normalized spacial score (nSPS) is 14.2. The van der Waals surface area contributed by atoms with Gasteiger partial charge in [-0.2, -0.15) is 0 Å². The van der Waals surface area contributed by atoms with Crippen LogP contribution in [0.4, 0.5) is 0 Å². The molecule has 4 nitrogen and oxygen atoms in total. The molecule has 0 amide bonds. The van der Waals surface area contributed by atoms with Gasteiger partial charge in [0, 0.05) is 5.33 Å². The van der Waals surface area contributed by atoms with Crippen molar-refractivity contribution in [2.45, 2.75) is 52.7 Å². The first-order chi connectivity index (χ1) is 6.97. The first kappa shape index (κ1) is 16.6. The van der Waals surface area contributed by atoms with Crippen molar-refractivity contribution in [3.05, 3.63) is 0 Å². The molecule has 0 N–H and O–H groups in total. The summed E-state index contributed by atoms with van der Waals surface area (Å²) in [6.07, 6.45) is 0. The van der Waals surface area contributed by atoms with Crippen LogP contribution in [-0.4, -0.2) is 23.1 Å². The van der Waals surface area contributed by atoms with E-state index in [4.69, 9.17) is 13.6 Å². The summed E-state index contributed by atoms with van der Waals surface area (Å²) in [7, 11) is -3.51. The third kappa shape index (κ3) is 8.71. The van der Waals surface area contributed by atoms with Gasteiger partial charge >= 0.3 is 7.82 Å². The molecule has 0 heterocycles. The largest absolute Gasteiger partial charge is 0.475 e. The number of phosphoric ester groups is 1. The Kier molecular flexibility index (Phi) is 6.18. The van der Waals surface area contributed by atoms with Crippen LogP contribution in [0, 0.1) is 0 Å². The molecule has 0 aromatic carbocycles. The zero-order valence-corrected chi connectivity index (χ0v) is 13.4. The van der Waals surface area contributed by atoms with Crippen molar-refractivity contribution in [3.8, 4) is 0 Å². The van der Waals surface area contributed by atoms with Crippen LogP contribution in [0.15, 0.2) is 0 Å². The third-order valence-corrected chi connectivity index (χ3v) is 3.46. The molecule has 0 aromatic heterocycles. The molecule has 0 saturated heterocycles. The third-order valence-electron chi connectivity index (χ3n) is 1.10. The van der Waals surface area contributed by atoms with E-state index in [0.717, 1.165) is 0 Å². The predicted molar refractivity (Wildman–Crippen MR) is 69.0 cm³/mol. The summed E-state index contributed by atoms with van der Waals surface area (Å²) in [5.41, 5.74) is -1.15. The Labute approximate surface area is 107 Å². The first-order valence-corrected chi connectivity index (χ1v) is 7.78. The molecular weight excluding hydrogens is 295 g/mol. The molecule has 98 valence electrons. The van der Waals surface area contributed by atoms with E-state index in [1.54, 1.807) is 0 Å². The quantitative estimate of drug-likeness (QED) is 0.565. The highest BCUT2D eigenvalue weighted by Crippen LogP contribution is 2.55. The SMILES string of the molecule is CC(C)(C)OP(=O)(OCCBr)OC(C)(C)C. The summed E-state index contributed by atoms with van der Waals surface area (Å²) in [6, 6.07) is 0. The molecule has 0 radical (unpaired) electrons. The summed E-state index contributed by atoms with van der Waals surface area (Å²) < 4.78 is 28.3. The fraction of sp³-hybridized carbons (Fsp3) is 1.00. The van der Waals surface area contributed by atoms with E-state index in [1.165, 1.54) is 0 Å². The first-order valence-electron chi connectivity index (χ1n) is 5.19. The smallest absolute Gasteiger partial charge is 0.286 e. The maximum Gasteiger partial charge on any atom is 0.475 e. The second kappa shape index (κ2) is 5.96. The molecule has 0 aliphatic carbocycles. The van der Waals surface area contributed by atoms with Crippen molar-refractivity contribution in [1.82, 2.24) is 0 Å². The number of halogens is 1. The zero-order chi connectivity index (χ0) is 13.0. The van der Waals surface area contributed by atoms with E-state index in [9.17, 15) is 4.57 Å². The van der Waals surface area contributed by atoms with E-state index in [1.807, 2.05) is 41.5 Å². The van der Waals surface area contributed by atoms with E-state index in [2.05, 4.69) is 15.9 Å². The minimum Gasteiger partial charge on any atom is -0.286 e. The van der Waals surface area contributed by atoms with Gasteiger partial charge in [-0.15, -0.1) is 0 Å². The van der Waals surface area contributed by atoms with E-state index in [0.29, 0.717) is 5.33 Å². The van der Waals surface area contributed by atoms with Gasteiger partial charge in [-0.1, -0.05) is 15.9 Å². The minimum atomic E-state index is -3.51. The predicted octanol–water partition coefficient (Wildman–Crippen LogP) is 4.14. The van der Waals surface area contributed by atoms with Gasteiger partial charge in [0.1, 0.15) is 0 Å². The van der Waals surface area contributed by atoms with Crippen LogP contribution in [0.1, 0.15) is 41.5 Å². The summed E-state index contributed by atoms with van der Waals surface area (Å²) in [5, 5.41) is 0.581. The molecule has 0 aliphatic heterocycles. The average Bonchev–Trinajstić information content (AvgIpc) is 1.93. The lowest BCUT2D eigenvalue weighted by Crippen LogP contribution is -2.24. The molecule has 0 atom stereocenters. The van der Waals surface area contributed by atoms with Crippen molar-refractivity contribution in [2.75, 3.05) is 11.9 Å². The standard InChI is InChI=1S/C10H22BrO4P/c1-9(2,3)14-16(12,13-8-7-11)15-10(4,5)6/h7-8H2,1-6H3. The number of alkyl halides is 1. The van der Waals surface area contributed by atoms with Crippen LogP contribution in [0.25, 0.3) is 0 Å². The molecular formula is C10H22BrO4P. The van der Waals surface area contributed by atoms with E-state index < -0.39 is 19.0 Å². The lowest BCUT2D eigenvalue weighted by molar-refractivity contribution is 0.00536. The van der Waals surface area contributed by atoms with E-state index >= 15 is 0 Å². The van der Waals surface area contributed by atoms with Gasteiger partial charge in [0.2, 0.25) is 0 Å². The molecule has 0 rings (SSSR count). The van der Waals surface area contributed by atoms with Crippen LogP contribution in [-0.2, 0) is 18.1 Å². The highest BCUT2D eigenvalue weighted by molar-refractivity contribution is 9.09. The van der Waals surface area contributed by atoms with Gasteiger partial charge in [-0.25, -0.2) is 4.57 Å². The van der Waals surface area contributed by atoms with Gasteiger partial charge in [0.15, 0.2) is 0 Å². The van der Waals surface area contributed by atoms with Crippen LogP contribution >= 0.6 is 23.8 Å². The number of hydrogen-bond donors (Lipinski definition) is 0. The Hall–Kier alpha value is 0.590. The van der Waals surface area contributed by atoms with Crippen molar-refractivity contribution >= 4 is 23.8 Å². The second-order valence-corrected chi connectivity index (χ2v) is 7.69. The van der Waals surface area contributed by atoms with Crippen LogP contribution < -0.4 is 0 Å². The van der Waals surface area contributed by atoms with Crippen molar-refractivity contribution in [2.24, 2.45) is 0 Å². The molecule has 0 bridgehead atoms. The Morgan fingerprint density at radius 3 is 1.62 bits per heavy atom. The summed E-state index contributed by atoms with van der Waals surface area (Å²) >= 11 is 3.20. The van der Waals surface area contributed by atoms with Gasteiger partial charge < -0.3 is 0 Å². The number of hydrogen-bond acceptors (Lipinski definition) is 4. The summed E-state index contributed by atoms with van der Waals surface area (Å²) in [6.45, 7) is 11.1. The van der Waals surface area contributed by atoms with Crippen LogP contribution in [0.2, 0.25) is 0 Å². The van der Waals surface area contributed by atoms with Crippen molar-refractivity contribution in [3.63, 3.8) is 0 Å². The topological polar surface area (TPSA) is 44.8 Å². The number of rotatable bonds is 5.